The number of nitrogens with two attached hydrogens (primary N) is 1. The Morgan fingerprint density at radius 3 is 1.98 bits per heavy atom. The number of nitrogens with one attached hydrogen (secondary N) is 2. The third-order valence-electron chi connectivity index (χ3n) is 8.49. The van der Waals surface area contributed by atoms with Crippen molar-refractivity contribution in [1.29, 1.82) is 0 Å². The summed E-state index contributed by atoms with van der Waals surface area (Å²) in [5.41, 5.74) is 10.3. The Bertz CT molecular complexity index is 1680. The summed E-state index contributed by atoms with van der Waals surface area (Å²) in [6, 6.07) is 20.1. The van der Waals surface area contributed by atoms with Crippen molar-refractivity contribution >= 4 is 17.8 Å². The molecular weight excluding hydrogens is 630 g/mol. The summed E-state index contributed by atoms with van der Waals surface area (Å²) in [6.07, 6.45) is 9.66. The van der Waals surface area contributed by atoms with Gasteiger partial charge in [-0.3, -0.25) is 9.59 Å². The van der Waals surface area contributed by atoms with Crippen molar-refractivity contribution in [3.8, 4) is 28.3 Å². The highest BCUT2D eigenvalue weighted by atomic mass is 16.5. The smallest absolute Gasteiger partial charge is 0.327 e. The Morgan fingerprint density at radius 1 is 0.780 bits per heavy atom. The highest BCUT2D eigenvalue weighted by molar-refractivity contribution is 5.98. The highest BCUT2D eigenvalue weighted by Crippen LogP contribution is 2.24. The molecule has 10 nitrogen and oxygen atoms in total. The van der Waals surface area contributed by atoms with E-state index in [1.165, 1.54) is 25.7 Å². The lowest BCUT2D eigenvalue weighted by Gasteiger charge is -2.22. The van der Waals surface area contributed by atoms with Gasteiger partial charge in [0, 0.05) is 42.0 Å². The molecular formula is C40H49N5O5. The first-order chi connectivity index (χ1) is 24.0. The van der Waals surface area contributed by atoms with Gasteiger partial charge in [-0.25, -0.2) is 14.8 Å². The van der Waals surface area contributed by atoms with Crippen LogP contribution in [0.1, 0.15) is 81.3 Å². The molecule has 0 bridgehead atoms. The lowest BCUT2D eigenvalue weighted by atomic mass is 9.86. The van der Waals surface area contributed by atoms with Crippen molar-refractivity contribution < 1.29 is 24.2 Å². The first-order valence-corrected chi connectivity index (χ1v) is 17.3. The van der Waals surface area contributed by atoms with Crippen molar-refractivity contribution in [2.45, 2.75) is 83.7 Å². The molecule has 0 aliphatic rings. The van der Waals surface area contributed by atoms with E-state index in [9.17, 15) is 19.5 Å². The van der Waals surface area contributed by atoms with E-state index in [4.69, 9.17) is 10.5 Å². The summed E-state index contributed by atoms with van der Waals surface area (Å²) in [5.74, 6) is -0.967. The Kier molecular flexibility index (Phi) is 13.6. The molecule has 10 heteroatoms. The standard InChI is InChI=1S/C40H49N5O5/c1-5-6-7-8-9-22-50-33-20-16-28(17-21-33)31-25-42-36(43-26-31)29-12-10-27(11-13-29)23-34(38(47)45-35(24-41)39(48)49)44-37(46)30-14-18-32(19-15-30)40(2,3)4/h10-21,25-26,34-35H,5-9,22-24,41H2,1-4H3,(H,44,46)(H,45,47)(H,48,49). The van der Waals surface area contributed by atoms with Gasteiger partial charge in [-0.05, 0) is 52.8 Å². The molecule has 0 spiro atoms. The monoisotopic (exact) mass is 679 g/mol. The number of aromatic nitrogens is 2. The summed E-state index contributed by atoms with van der Waals surface area (Å²) in [5, 5.41) is 14.7. The van der Waals surface area contributed by atoms with Crippen molar-refractivity contribution in [2.24, 2.45) is 5.73 Å². The van der Waals surface area contributed by atoms with Gasteiger partial charge in [0.15, 0.2) is 5.82 Å². The molecule has 2 atom stereocenters. The zero-order chi connectivity index (χ0) is 36.1. The molecule has 0 saturated heterocycles. The molecule has 1 heterocycles. The van der Waals surface area contributed by atoms with Gasteiger partial charge in [0.1, 0.15) is 17.8 Å². The van der Waals surface area contributed by atoms with Crippen LogP contribution >= 0.6 is 0 Å². The molecule has 2 amide bonds. The van der Waals surface area contributed by atoms with E-state index in [1.807, 2.05) is 60.7 Å². The first kappa shape index (κ1) is 37.7. The predicted molar refractivity (Wildman–Crippen MR) is 196 cm³/mol. The number of nitrogens with zero attached hydrogens (tertiary/aromatic N) is 2. The molecule has 264 valence electrons. The van der Waals surface area contributed by atoms with Crippen molar-refractivity contribution in [3.63, 3.8) is 0 Å². The SMILES string of the molecule is CCCCCCCOc1ccc(-c2cnc(-c3ccc(CC(NC(=O)c4ccc(C(C)(C)C)cc4)C(=O)NC(CN)C(=O)O)cc3)nc2)cc1. The summed E-state index contributed by atoms with van der Waals surface area (Å²) >= 11 is 0. The third-order valence-corrected chi connectivity index (χ3v) is 8.49. The number of carboxylic acid groups (broad SMARTS) is 1. The number of hydrogen-bond acceptors (Lipinski definition) is 7. The maximum atomic E-state index is 13.2. The van der Waals surface area contributed by atoms with Crippen LogP contribution < -0.4 is 21.1 Å². The minimum atomic E-state index is -1.29. The van der Waals surface area contributed by atoms with Gasteiger partial charge in [-0.2, -0.15) is 0 Å². The largest absolute Gasteiger partial charge is 0.494 e. The minimum Gasteiger partial charge on any atom is -0.494 e. The number of carboxylic acids is 1. The summed E-state index contributed by atoms with van der Waals surface area (Å²) in [6.45, 7) is 8.88. The number of benzene rings is 3. The lowest BCUT2D eigenvalue weighted by molar-refractivity contribution is -0.141. The molecule has 5 N–H and O–H groups in total. The zero-order valence-electron chi connectivity index (χ0n) is 29.4. The Hall–Kier alpha value is -5.09. The molecule has 2 unspecified atom stereocenters. The van der Waals surface area contributed by atoms with Crippen LogP contribution in [0, 0.1) is 0 Å². The number of aliphatic carboxylic acids is 1. The van der Waals surface area contributed by atoms with Crippen LogP contribution in [0.2, 0.25) is 0 Å². The fourth-order valence-electron chi connectivity index (χ4n) is 5.36. The van der Waals surface area contributed by atoms with Gasteiger partial charge >= 0.3 is 5.97 Å². The summed E-state index contributed by atoms with van der Waals surface area (Å²) in [7, 11) is 0. The Labute approximate surface area is 294 Å². The van der Waals surface area contributed by atoms with Crippen LogP contribution in [0.4, 0.5) is 0 Å². The zero-order valence-corrected chi connectivity index (χ0v) is 29.4. The predicted octanol–water partition coefficient (Wildman–Crippen LogP) is 6.33. The topological polar surface area (TPSA) is 157 Å². The van der Waals surface area contributed by atoms with E-state index in [0.29, 0.717) is 18.0 Å². The second-order valence-electron chi connectivity index (χ2n) is 13.5. The fourth-order valence-corrected chi connectivity index (χ4v) is 5.36. The van der Waals surface area contributed by atoms with E-state index >= 15 is 0 Å². The van der Waals surface area contributed by atoms with Gasteiger partial charge in [0.2, 0.25) is 5.91 Å². The second-order valence-corrected chi connectivity index (χ2v) is 13.5. The first-order valence-electron chi connectivity index (χ1n) is 17.3. The van der Waals surface area contributed by atoms with Crippen LogP contribution in [0.15, 0.2) is 85.2 Å². The molecule has 0 radical (unpaired) electrons. The number of amides is 2. The summed E-state index contributed by atoms with van der Waals surface area (Å²) in [4.78, 5) is 47.2. The molecule has 3 aromatic carbocycles. The molecule has 4 rings (SSSR count). The normalized spacial score (nSPS) is 12.5. The lowest BCUT2D eigenvalue weighted by Crippen LogP contribution is -2.54. The average molecular weight is 680 g/mol. The summed E-state index contributed by atoms with van der Waals surface area (Å²) < 4.78 is 5.88. The van der Waals surface area contributed by atoms with Crippen LogP contribution in [0.3, 0.4) is 0 Å². The average Bonchev–Trinajstić information content (AvgIpc) is 3.12. The van der Waals surface area contributed by atoms with Crippen molar-refractivity contribution in [3.05, 3.63) is 102 Å². The number of ether oxygens (including phenoxy) is 1. The number of carbonyl (C=O) groups is 3. The van der Waals surface area contributed by atoms with Gasteiger partial charge < -0.3 is 26.2 Å². The Balaban J connectivity index is 1.41. The molecule has 0 aliphatic carbocycles. The van der Waals surface area contributed by atoms with E-state index in [2.05, 4.69) is 48.3 Å². The van der Waals surface area contributed by atoms with Crippen LogP contribution in [-0.2, 0) is 21.4 Å². The quantitative estimate of drug-likeness (QED) is 0.0944. The Morgan fingerprint density at radius 2 is 1.40 bits per heavy atom. The van der Waals surface area contributed by atoms with Crippen molar-refractivity contribution in [2.75, 3.05) is 13.2 Å². The van der Waals surface area contributed by atoms with E-state index in [1.54, 1.807) is 24.5 Å². The second kappa shape index (κ2) is 18.1. The van der Waals surface area contributed by atoms with Gasteiger partial charge in [-0.15, -0.1) is 0 Å². The molecule has 0 fully saturated rings. The molecule has 0 aliphatic heterocycles. The minimum absolute atomic E-state index is 0.0839. The number of rotatable bonds is 17. The third kappa shape index (κ3) is 11.0. The van der Waals surface area contributed by atoms with Crippen LogP contribution in [0.25, 0.3) is 22.5 Å². The van der Waals surface area contributed by atoms with E-state index < -0.39 is 29.9 Å². The van der Waals surface area contributed by atoms with Crippen molar-refractivity contribution in [1.82, 2.24) is 20.6 Å². The van der Waals surface area contributed by atoms with Crippen LogP contribution in [-0.4, -0.2) is 58.1 Å². The van der Waals surface area contributed by atoms with E-state index in [0.717, 1.165) is 40.0 Å². The van der Waals surface area contributed by atoms with Gasteiger partial charge in [-0.1, -0.05) is 102 Å². The highest BCUT2D eigenvalue weighted by Gasteiger charge is 2.27. The molecule has 50 heavy (non-hydrogen) atoms. The molecule has 1 aromatic heterocycles. The van der Waals surface area contributed by atoms with Gasteiger partial charge in [0.05, 0.1) is 6.61 Å². The molecule has 4 aromatic rings. The number of hydrogen-bond donors (Lipinski definition) is 4. The maximum Gasteiger partial charge on any atom is 0.327 e. The number of carbonyl (C=O) groups excluding carboxylic acids is 2. The maximum absolute atomic E-state index is 13.2. The molecule has 0 saturated carbocycles. The van der Waals surface area contributed by atoms with E-state index in [-0.39, 0.29) is 18.4 Å². The fraction of sp³-hybridized carbons (Fsp3) is 0.375. The van der Waals surface area contributed by atoms with Crippen LogP contribution in [0.5, 0.6) is 5.75 Å². The number of unbranched alkanes of at least 4 members (excludes halogenated alkanes) is 4. The van der Waals surface area contributed by atoms with Gasteiger partial charge in [0.25, 0.3) is 5.91 Å².